The van der Waals surface area contributed by atoms with E-state index in [4.69, 9.17) is 4.74 Å². The van der Waals surface area contributed by atoms with Crippen molar-refractivity contribution in [1.82, 2.24) is 0 Å². The first kappa shape index (κ1) is 14.2. The number of rotatable bonds is 7. The van der Waals surface area contributed by atoms with E-state index in [0.29, 0.717) is 13.0 Å². The zero-order valence-corrected chi connectivity index (χ0v) is 11.6. The maximum atomic E-state index is 11.6. The van der Waals surface area contributed by atoms with Crippen LogP contribution in [0.1, 0.15) is 24.8 Å². The lowest BCUT2D eigenvalue weighted by Gasteiger charge is -2.06. The number of hydrogen-bond acceptors (Lipinski definition) is 2. The number of ether oxygens (including phenoxy) is 1. The molecule has 0 atom stereocenters. The van der Waals surface area contributed by atoms with E-state index in [0.717, 1.165) is 29.4 Å². The van der Waals surface area contributed by atoms with E-state index in [9.17, 15) is 4.79 Å². The Bertz CT molecular complexity index is 355. The Balaban J connectivity index is 2.44. The van der Waals surface area contributed by atoms with E-state index < -0.39 is 0 Å². The maximum absolute atomic E-state index is 11.6. The Kier molecular flexibility index (Phi) is 6.89. The molecule has 0 unspecified atom stereocenters. The summed E-state index contributed by atoms with van der Waals surface area (Å²) in [5.74, 6) is 0.0699. The average molecular weight is 300 g/mol. The zero-order chi connectivity index (χ0) is 12.5. The van der Waals surface area contributed by atoms with Crippen LogP contribution >= 0.6 is 15.9 Å². The molecule has 0 heterocycles. The molecule has 17 heavy (non-hydrogen) atoms. The fourth-order valence-electron chi connectivity index (χ4n) is 1.51. The van der Waals surface area contributed by atoms with Gasteiger partial charge in [0.05, 0.1) is 6.61 Å². The summed E-state index contributed by atoms with van der Waals surface area (Å²) >= 11 is 3.35. The standard InChI is InChI=1S/C13H18BrNO2/c1-17-10-11-5-4-6-12(9-11)15-13(16)7-2-3-8-14/h4-6,9H,2-3,7-8,10H2,1H3,(H,15,16). The van der Waals surface area contributed by atoms with E-state index in [1.54, 1.807) is 7.11 Å². The molecule has 1 aromatic carbocycles. The summed E-state index contributed by atoms with van der Waals surface area (Å²) in [6.45, 7) is 0.563. The number of alkyl halides is 1. The van der Waals surface area contributed by atoms with Crippen LogP contribution in [0.25, 0.3) is 0 Å². The molecule has 0 spiro atoms. The highest BCUT2D eigenvalue weighted by Gasteiger charge is 2.02. The molecule has 1 N–H and O–H groups in total. The van der Waals surface area contributed by atoms with E-state index in [1.807, 2.05) is 24.3 Å². The van der Waals surface area contributed by atoms with Crippen molar-refractivity contribution >= 4 is 27.5 Å². The van der Waals surface area contributed by atoms with Crippen LogP contribution in [-0.4, -0.2) is 18.3 Å². The molecule has 0 aliphatic rings. The van der Waals surface area contributed by atoms with Crippen LogP contribution in [0, 0.1) is 0 Å². The molecule has 4 heteroatoms. The first-order valence-electron chi connectivity index (χ1n) is 5.70. The lowest BCUT2D eigenvalue weighted by molar-refractivity contribution is -0.116. The van der Waals surface area contributed by atoms with Gasteiger partial charge >= 0.3 is 0 Å². The number of carbonyl (C=O) groups excluding carboxylic acids is 1. The van der Waals surface area contributed by atoms with E-state index in [-0.39, 0.29) is 5.91 Å². The third-order valence-electron chi connectivity index (χ3n) is 2.31. The highest BCUT2D eigenvalue weighted by molar-refractivity contribution is 9.09. The fraction of sp³-hybridized carbons (Fsp3) is 0.462. The predicted octanol–water partition coefficient (Wildman–Crippen LogP) is 3.34. The SMILES string of the molecule is COCc1cccc(NC(=O)CCCCBr)c1. The summed E-state index contributed by atoms with van der Waals surface area (Å²) in [5, 5.41) is 3.84. The molecule has 0 radical (unpaired) electrons. The molecule has 0 saturated carbocycles. The average Bonchev–Trinajstić information content (AvgIpc) is 2.30. The van der Waals surface area contributed by atoms with Crippen LogP contribution in [0.3, 0.4) is 0 Å². The predicted molar refractivity (Wildman–Crippen MR) is 73.4 cm³/mol. The van der Waals surface area contributed by atoms with Crippen LogP contribution in [0.15, 0.2) is 24.3 Å². The van der Waals surface area contributed by atoms with Crippen molar-refractivity contribution in [2.75, 3.05) is 17.8 Å². The summed E-state index contributed by atoms with van der Waals surface area (Å²) in [5.41, 5.74) is 1.90. The van der Waals surface area contributed by atoms with E-state index in [2.05, 4.69) is 21.2 Å². The van der Waals surface area contributed by atoms with Gasteiger partial charge in [-0.05, 0) is 30.5 Å². The number of nitrogens with one attached hydrogen (secondary N) is 1. The number of hydrogen-bond donors (Lipinski definition) is 1. The van der Waals surface area contributed by atoms with Gasteiger partial charge < -0.3 is 10.1 Å². The third-order valence-corrected chi connectivity index (χ3v) is 2.87. The molecule has 0 bridgehead atoms. The van der Waals surface area contributed by atoms with Crippen LogP contribution in [0.4, 0.5) is 5.69 Å². The summed E-state index contributed by atoms with van der Waals surface area (Å²) in [7, 11) is 1.66. The second-order valence-electron chi connectivity index (χ2n) is 3.83. The first-order valence-corrected chi connectivity index (χ1v) is 6.82. The van der Waals surface area contributed by atoms with Crippen molar-refractivity contribution < 1.29 is 9.53 Å². The highest BCUT2D eigenvalue weighted by Crippen LogP contribution is 2.12. The molecule has 0 fully saturated rings. The van der Waals surface area contributed by atoms with Gasteiger partial charge in [-0.1, -0.05) is 28.1 Å². The lowest BCUT2D eigenvalue weighted by atomic mass is 10.2. The molecule has 0 saturated heterocycles. The molecule has 1 amide bonds. The Morgan fingerprint density at radius 1 is 1.41 bits per heavy atom. The summed E-state index contributed by atoms with van der Waals surface area (Å²) in [4.78, 5) is 11.6. The molecule has 0 aromatic heterocycles. The minimum atomic E-state index is 0.0699. The zero-order valence-electron chi connectivity index (χ0n) is 10.0. The topological polar surface area (TPSA) is 38.3 Å². The van der Waals surface area contributed by atoms with Crippen molar-refractivity contribution in [2.24, 2.45) is 0 Å². The van der Waals surface area contributed by atoms with Crippen molar-refractivity contribution in [1.29, 1.82) is 0 Å². The molecule has 3 nitrogen and oxygen atoms in total. The Hall–Kier alpha value is -0.870. The molecular formula is C13H18BrNO2. The number of benzene rings is 1. The second-order valence-corrected chi connectivity index (χ2v) is 4.62. The number of unbranched alkanes of at least 4 members (excludes halogenated alkanes) is 1. The Morgan fingerprint density at radius 2 is 2.24 bits per heavy atom. The minimum Gasteiger partial charge on any atom is -0.380 e. The van der Waals surface area contributed by atoms with Crippen LogP contribution < -0.4 is 5.32 Å². The van der Waals surface area contributed by atoms with Gasteiger partial charge in [-0.2, -0.15) is 0 Å². The molecule has 1 rings (SSSR count). The van der Waals surface area contributed by atoms with Gasteiger partial charge in [-0.3, -0.25) is 4.79 Å². The number of amides is 1. The first-order chi connectivity index (χ1) is 8.26. The minimum absolute atomic E-state index is 0.0699. The van der Waals surface area contributed by atoms with Gasteiger partial charge in [-0.25, -0.2) is 0 Å². The monoisotopic (exact) mass is 299 g/mol. The number of anilines is 1. The summed E-state index contributed by atoms with van der Waals surface area (Å²) in [6, 6.07) is 7.72. The quantitative estimate of drug-likeness (QED) is 0.619. The number of halogens is 1. The molecule has 0 aliphatic carbocycles. The van der Waals surface area contributed by atoms with Crippen molar-refractivity contribution in [2.45, 2.75) is 25.9 Å². The van der Waals surface area contributed by atoms with Crippen LogP contribution in [0.2, 0.25) is 0 Å². The lowest BCUT2D eigenvalue weighted by Crippen LogP contribution is -2.11. The second kappa shape index (κ2) is 8.25. The maximum Gasteiger partial charge on any atom is 0.224 e. The van der Waals surface area contributed by atoms with Crippen LogP contribution in [0.5, 0.6) is 0 Å². The summed E-state index contributed by atoms with van der Waals surface area (Å²) < 4.78 is 5.05. The van der Waals surface area contributed by atoms with Gasteiger partial charge in [0.2, 0.25) is 5.91 Å². The van der Waals surface area contributed by atoms with Crippen molar-refractivity contribution in [3.63, 3.8) is 0 Å². The smallest absolute Gasteiger partial charge is 0.224 e. The Morgan fingerprint density at radius 3 is 2.94 bits per heavy atom. The van der Waals surface area contributed by atoms with Crippen molar-refractivity contribution in [3.8, 4) is 0 Å². The molecular weight excluding hydrogens is 282 g/mol. The fourth-order valence-corrected chi connectivity index (χ4v) is 1.91. The molecule has 1 aromatic rings. The number of carbonyl (C=O) groups is 1. The van der Waals surface area contributed by atoms with Gasteiger partial charge in [0.25, 0.3) is 0 Å². The van der Waals surface area contributed by atoms with Gasteiger partial charge in [0.15, 0.2) is 0 Å². The number of methoxy groups -OCH3 is 1. The Labute approximate surface area is 111 Å². The normalized spacial score (nSPS) is 10.2. The molecule has 94 valence electrons. The van der Waals surface area contributed by atoms with Crippen LogP contribution in [-0.2, 0) is 16.1 Å². The van der Waals surface area contributed by atoms with Gasteiger partial charge in [-0.15, -0.1) is 0 Å². The summed E-state index contributed by atoms with van der Waals surface area (Å²) in [6.07, 6.45) is 2.51. The van der Waals surface area contributed by atoms with Gasteiger partial charge in [0.1, 0.15) is 0 Å². The highest BCUT2D eigenvalue weighted by atomic mass is 79.9. The molecule has 0 aliphatic heterocycles. The van der Waals surface area contributed by atoms with E-state index >= 15 is 0 Å². The van der Waals surface area contributed by atoms with Crippen molar-refractivity contribution in [3.05, 3.63) is 29.8 Å². The van der Waals surface area contributed by atoms with E-state index in [1.165, 1.54) is 0 Å². The largest absolute Gasteiger partial charge is 0.380 e. The third kappa shape index (κ3) is 5.84. The van der Waals surface area contributed by atoms with Gasteiger partial charge in [0, 0.05) is 24.5 Å².